The number of phosphoric ester groups is 1. The molecule has 0 rings (SSSR count). The molecule has 0 fully saturated rings. The van der Waals surface area contributed by atoms with Crippen LogP contribution < -0.4 is 0 Å². The lowest BCUT2D eigenvalue weighted by atomic mass is 10.1. The summed E-state index contributed by atoms with van der Waals surface area (Å²) >= 11 is 0. The number of rotatable bonds is 42. The van der Waals surface area contributed by atoms with Gasteiger partial charge in [-0.2, -0.15) is 0 Å². The van der Waals surface area contributed by atoms with Crippen LogP contribution in [0.15, 0.2) is 0 Å². The van der Waals surface area contributed by atoms with Crippen molar-refractivity contribution in [3.05, 3.63) is 0 Å². The predicted octanol–water partition coefficient (Wildman–Crippen LogP) is 10.9. The average Bonchev–Trinajstić information content (AvgIpc) is 3.06. The topological polar surface area (TPSA) is 130 Å². The molecule has 0 unspecified atom stereocenters. The Morgan fingerprint density at radius 3 is 0.830 bits per heavy atom. The van der Waals surface area contributed by atoms with Crippen LogP contribution in [0.2, 0.25) is 0 Å². The second-order valence-electron chi connectivity index (χ2n) is 12.2. The average molecular weight is 703 g/mol. The first kappa shape index (κ1) is 46.8. The summed E-state index contributed by atoms with van der Waals surface area (Å²) in [6.45, 7) is 5.92. The molecule has 284 valence electrons. The highest BCUT2D eigenvalue weighted by atomic mass is 31.2. The lowest BCUT2D eigenvalue weighted by molar-refractivity contribution is -0.634. The lowest BCUT2D eigenvalue weighted by Crippen LogP contribution is -2.04. The maximum absolute atomic E-state index is 11.9. The lowest BCUT2D eigenvalue weighted by Gasteiger charge is -2.11. The van der Waals surface area contributed by atoms with Gasteiger partial charge in [-0.1, -0.05) is 142 Å². The fourth-order valence-corrected chi connectivity index (χ4v) is 5.58. The third-order valence-corrected chi connectivity index (χ3v) is 8.68. The molecule has 12 nitrogen and oxygen atoms in total. The van der Waals surface area contributed by atoms with Gasteiger partial charge in [-0.15, -0.1) is 0 Å². The van der Waals surface area contributed by atoms with E-state index in [2.05, 4.69) is 34.0 Å². The molecule has 0 heterocycles. The molecule has 0 saturated heterocycles. The highest BCUT2D eigenvalue weighted by Crippen LogP contribution is 2.43. The first-order valence-electron chi connectivity index (χ1n) is 18.9. The Bertz CT molecular complexity index is 584. The van der Waals surface area contributed by atoms with Crippen molar-refractivity contribution in [2.24, 2.45) is 0 Å². The normalized spacial score (nSPS) is 12.0. The van der Waals surface area contributed by atoms with Gasteiger partial charge in [-0.25, -0.2) is 24.1 Å². The van der Waals surface area contributed by atoms with Crippen LogP contribution in [-0.2, 0) is 53.3 Å². The summed E-state index contributed by atoms with van der Waals surface area (Å²) in [6, 6.07) is 0. The van der Waals surface area contributed by atoms with E-state index < -0.39 is 7.82 Å². The van der Waals surface area contributed by atoms with Crippen molar-refractivity contribution in [2.75, 3.05) is 39.6 Å². The second kappa shape index (κ2) is 40.2. The number of hydrogen-bond acceptors (Lipinski definition) is 11. The second-order valence-corrected chi connectivity index (χ2v) is 13.6. The van der Waals surface area contributed by atoms with Crippen molar-refractivity contribution in [3.63, 3.8) is 0 Å². The first-order valence-corrected chi connectivity index (χ1v) is 20.4. The first-order chi connectivity index (χ1) is 23.1. The third-order valence-electron chi connectivity index (χ3n) is 7.66. The van der Waals surface area contributed by atoms with Gasteiger partial charge in [-0.3, -0.25) is 9.05 Å². The predicted molar refractivity (Wildman–Crippen MR) is 181 cm³/mol. The van der Waals surface area contributed by atoms with Crippen LogP contribution in [0.4, 0.5) is 0 Å². The van der Waals surface area contributed by atoms with Gasteiger partial charge in [0.25, 0.3) is 0 Å². The summed E-state index contributed by atoms with van der Waals surface area (Å²) in [7, 11) is -4.11. The van der Waals surface area contributed by atoms with E-state index in [1.807, 2.05) is 0 Å². The summed E-state index contributed by atoms with van der Waals surface area (Å²) in [5.41, 5.74) is 0. The standard InChI is InChI=1S/C34H71O12P/c1-3-5-7-9-11-13-15-17-19-21-23-29-37-43-45-39-31-25-27-33-41-47(35,36)42-34-28-26-32-40-46-44-38-30-24-22-20-18-16-14-12-10-8-6-4-2/h3-34H2,1-2H3,(H,35,36). The molecule has 0 bridgehead atoms. The van der Waals surface area contributed by atoms with Gasteiger partial charge in [0.2, 0.25) is 0 Å². The largest absolute Gasteiger partial charge is 0.472 e. The summed E-state index contributed by atoms with van der Waals surface area (Å²) in [5.74, 6) is 0. The van der Waals surface area contributed by atoms with Gasteiger partial charge in [0.05, 0.1) is 39.6 Å². The molecule has 0 atom stereocenters. The monoisotopic (exact) mass is 702 g/mol. The molecular weight excluding hydrogens is 631 g/mol. The van der Waals surface area contributed by atoms with Crippen molar-refractivity contribution in [1.29, 1.82) is 0 Å². The molecule has 0 spiro atoms. The van der Waals surface area contributed by atoms with Crippen molar-refractivity contribution in [3.8, 4) is 0 Å². The van der Waals surface area contributed by atoms with Gasteiger partial charge < -0.3 is 4.89 Å². The van der Waals surface area contributed by atoms with Crippen LogP contribution in [0.3, 0.4) is 0 Å². The van der Waals surface area contributed by atoms with Crippen molar-refractivity contribution in [2.45, 2.75) is 181 Å². The zero-order chi connectivity index (χ0) is 34.2. The highest BCUT2D eigenvalue weighted by Gasteiger charge is 2.20. The quantitative estimate of drug-likeness (QED) is 0.0281. The van der Waals surface area contributed by atoms with Crippen LogP contribution in [0.1, 0.15) is 181 Å². The molecule has 0 aromatic heterocycles. The Balaban J connectivity index is 3.25. The van der Waals surface area contributed by atoms with E-state index >= 15 is 0 Å². The van der Waals surface area contributed by atoms with Gasteiger partial charge in [0, 0.05) is 0 Å². The van der Waals surface area contributed by atoms with E-state index in [9.17, 15) is 9.46 Å². The molecule has 47 heavy (non-hydrogen) atoms. The van der Waals surface area contributed by atoms with Crippen molar-refractivity contribution in [1.82, 2.24) is 0 Å². The Morgan fingerprint density at radius 1 is 0.340 bits per heavy atom. The fourth-order valence-electron chi connectivity index (χ4n) is 4.79. The third kappa shape index (κ3) is 41.9. The molecule has 0 amide bonds. The van der Waals surface area contributed by atoms with Crippen LogP contribution >= 0.6 is 7.82 Å². The smallest absolute Gasteiger partial charge is 0.302 e. The van der Waals surface area contributed by atoms with Crippen LogP contribution in [0.25, 0.3) is 0 Å². The summed E-state index contributed by atoms with van der Waals surface area (Å²) in [4.78, 5) is 29.3. The molecule has 1 N–H and O–H groups in total. The molecule has 0 saturated carbocycles. The van der Waals surface area contributed by atoms with Gasteiger partial charge in [0.1, 0.15) is 0 Å². The van der Waals surface area contributed by atoms with Crippen molar-refractivity contribution < 1.29 is 58.2 Å². The minimum Gasteiger partial charge on any atom is -0.302 e. The molecule has 13 heteroatoms. The maximum atomic E-state index is 11.9. The molecule has 0 aromatic rings. The van der Waals surface area contributed by atoms with E-state index in [4.69, 9.17) is 28.6 Å². The van der Waals surface area contributed by atoms with Gasteiger partial charge >= 0.3 is 7.82 Å². The van der Waals surface area contributed by atoms with Crippen molar-refractivity contribution >= 4 is 7.82 Å². The fraction of sp³-hybridized carbons (Fsp3) is 1.00. The van der Waals surface area contributed by atoms with Gasteiger partial charge in [-0.05, 0) is 58.7 Å². The minimum absolute atomic E-state index is 0.0425. The summed E-state index contributed by atoms with van der Waals surface area (Å²) in [5, 5.41) is 18.1. The van der Waals surface area contributed by atoms with E-state index in [0.29, 0.717) is 38.9 Å². The van der Waals surface area contributed by atoms with Crippen LogP contribution in [0, 0.1) is 0 Å². The SMILES string of the molecule is CCCCCCCCCCCCCOOOOCCCCOP(=O)(O)OCCCCOOOOCCCCCCCCCCCCC. The zero-order valence-corrected chi connectivity index (χ0v) is 30.9. The molecule has 0 radical (unpaired) electrons. The Labute approximate surface area is 286 Å². The minimum atomic E-state index is -4.11. The van der Waals surface area contributed by atoms with E-state index in [0.717, 1.165) is 25.7 Å². The number of unbranched alkanes of at least 4 members (excludes halogenated alkanes) is 22. The van der Waals surface area contributed by atoms with E-state index in [1.165, 1.54) is 116 Å². The van der Waals surface area contributed by atoms with E-state index in [1.54, 1.807) is 0 Å². The molecule has 0 aromatic carbocycles. The van der Waals surface area contributed by atoms with Crippen LogP contribution in [-0.4, -0.2) is 44.5 Å². The van der Waals surface area contributed by atoms with Gasteiger partial charge in [0.15, 0.2) is 0 Å². The zero-order valence-electron chi connectivity index (χ0n) is 30.0. The molecular formula is C34H71O12P. The summed E-state index contributed by atoms with van der Waals surface area (Å²) in [6.07, 6.45) is 29.8. The Morgan fingerprint density at radius 2 is 0.553 bits per heavy atom. The molecule has 0 aliphatic heterocycles. The number of phosphoric acid groups is 1. The molecule has 0 aliphatic carbocycles. The Kier molecular flexibility index (Phi) is 40.0. The Hall–Kier alpha value is -0.210. The molecule has 0 aliphatic rings. The van der Waals surface area contributed by atoms with E-state index in [-0.39, 0.29) is 26.4 Å². The maximum Gasteiger partial charge on any atom is 0.472 e. The van der Waals surface area contributed by atoms with Crippen LogP contribution in [0.5, 0.6) is 0 Å². The highest BCUT2D eigenvalue weighted by molar-refractivity contribution is 7.47. The summed E-state index contributed by atoms with van der Waals surface area (Å²) < 4.78 is 21.8. The number of hydrogen-bond donors (Lipinski definition) is 1.